The van der Waals surface area contributed by atoms with Crippen molar-refractivity contribution in [2.45, 2.75) is 94.5 Å². The van der Waals surface area contributed by atoms with E-state index in [1.165, 1.54) is 18.5 Å². The third kappa shape index (κ3) is 6.87. The van der Waals surface area contributed by atoms with Gasteiger partial charge in [0, 0.05) is 92.0 Å². The molecule has 7 heterocycles. The number of imide groups is 2. The van der Waals surface area contributed by atoms with Gasteiger partial charge in [0.25, 0.3) is 17.7 Å². The molecular formula is C46H48ClN7O6. The summed E-state index contributed by atoms with van der Waals surface area (Å²) in [6.07, 6.45) is 8.16. The van der Waals surface area contributed by atoms with Gasteiger partial charge in [0.2, 0.25) is 11.8 Å². The lowest BCUT2D eigenvalue weighted by Crippen LogP contribution is -2.61. The quantitative estimate of drug-likeness (QED) is 0.308. The van der Waals surface area contributed by atoms with E-state index in [1.807, 2.05) is 18.2 Å². The summed E-state index contributed by atoms with van der Waals surface area (Å²) in [6, 6.07) is 20.7. The number of piperidine rings is 4. The fourth-order valence-electron chi connectivity index (χ4n) is 11.1. The minimum absolute atomic E-state index is 0.00532. The van der Waals surface area contributed by atoms with Gasteiger partial charge in [0.05, 0.1) is 21.7 Å². The molecule has 5 amide bonds. The van der Waals surface area contributed by atoms with Gasteiger partial charge < -0.3 is 24.3 Å². The first-order valence-corrected chi connectivity index (χ1v) is 21.8. The van der Waals surface area contributed by atoms with Crippen LogP contribution >= 0.6 is 11.6 Å². The first-order chi connectivity index (χ1) is 29.1. The van der Waals surface area contributed by atoms with Crippen LogP contribution in [-0.4, -0.2) is 114 Å². The average molecular weight is 830 g/mol. The number of anilines is 2. The summed E-state index contributed by atoms with van der Waals surface area (Å²) in [5.74, 6) is -1.17. The summed E-state index contributed by atoms with van der Waals surface area (Å²) < 4.78 is 6.28. The third-order valence-electron chi connectivity index (χ3n) is 14.4. The van der Waals surface area contributed by atoms with Gasteiger partial charge in [-0.15, -0.1) is 0 Å². The number of rotatable bonds is 7. The molecule has 60 heavy (non-hydrogen) atoms. The van der Waals surface area contributed by atoms with Gasteiger partial charge in [0.15, 0.2) is 0 Å². The molecule has 3 aromatic carbocycles. The molecule has 6 fully saturated rings. The monoisotopic (exact) mass is 829 g/mol. The molecule has 6 saturated heterocycles. The second-order valence-electron chi connectivity index (χ2n) is 17.9. The molecule has 2 unspecified atom stereocenters. The lowest BCUT2D eigenvalue weighted by molar-refractivity contribution is -0.136. The molecule has 13 nitrogen and oxygen atoms in total. The Morgan fingerprint density at radius 3 is 2.12 bits per heavy atom. The second-order valence-corrected chi connectivity index (χ2v) is 18.3. The van der Waals surface area contributed by atoms with Crippen LogP contribution in [0.4, 0.5) is 11.4 Å². The van der Waals surface area contributed by atoms with E-state index < -0.39 is 23.8 Å². The van der Waals surface area contributed by atoms with E-state index >= 15 is 0 Å². The Labute approximate surface area is 354 Å². The zero-order valence-corrected chi connectivity index (χ0v) is 34.2. The van der Waals surface area contributed by atoms with Crippen molar-refractivity contribution in [3.63, 3.8) is 0 Å². The number of carbonyl (C=O) groups excluding carboxylic acids is 5. The normalized spacial score (nSPS) is 26.5. The Morgan fingerprint density at radius 1 is 0.767 bits per heavy atom. The van der Waals surface area contributed by atoms with Crippen molar-refractivity contribution in [2.24, 2.45) is 5.41 Å². The first kappa shape index (κ1) is 38.7. The SMILES string of the molecule is N#Cc1ccc(OC2C[C@H]3CC[C@@H](C2)N3C(=O)c2ccc(N3CC4(CCN(C5CCN(c6ccc7c(c6)C(=O)N(C6CCC(=O)NC6=O)C7=O)CC5)CC4)C3)cc2)cc1Cl. The van der Waals surface area contributed by atoms with E-state index in [1.54, 1.807) is 30.3 Å². The lowest BCUT2D eigenvalue weighted by Gasteiger charge is -2.56. The van der Waals surface area contributed by atoms with Crippen LogP contribution < -0.4 is 19.9 Å². The summed E-state index contributed by atoms with van der Waals surface area (Å²) in [7, 11) is 0. The second kappa shape index (κ2) is 15.2. The predicted molar refractivity (Wildman–Crippen MR) is 223 cm³/mol. The molecule has 2 bridgehead atoms. The van der Waals surface area contributed by atoms with Gasteiger partial charge in [-0.1, -0.05) is 11.6 Å². The number of benzene rings is 3. The van der Waals surface area contributed by atoms with Crippen LogP contribution in [0, 0.1) is 16.7 Å². The van der Waals surface area contributed by atoms with Crippen molar-refractivity contribution >= 4 is 52.5 Å². The Kier molecular flexibility index (Phi) is 9.83. The van der Waals surface area contributed by atoms with Crippen molar-refractivity contribution in [3.05, 3.63) is 87.9 Å². The van der Waals surface area contributed by atoms with Crippen LogP contribution in [0.2, 0.25) is 5.02 Å². The van der Waals surface area contributed by atoms with Crippen molar-refractivity contribution in [3.8, 4) is 11.8 Å². The van der Waals surface area contributed by atoms with Gasteiger partial charge in [-0.25, -0.2) is 0 Å². The number of nitrogens with one attached hydrogen (secondary N) is 1. The number of ether oxygens (including phenoxy) is 1. The average Bonchev–Trinajstić information content (AvgIpc) is 3.66. The van der Waals surface area contributed by atoms with Crippen LogP contribution in [0.15, 0.2) is 60.7 Å². The number of hydrogen-bond donors (Lipinski definition) is 1. The molecule has 7 aliphatic heterocycles. The Hall–Kier alpha value is -5.45. The van der Waals surface area contributed by atoms with Crippen LogP contribution in [0.25, 0.3) is 0 Å². The van der Waals surface area contributed by atoms with Crippen molar-refractivity contribution < 1.29 is 28.7 Å². The van der Waals surface area contributed by atoms with Crippen LogP contribution in [-0.2, 0) is 9.59 Å². The third-order valence-corrected chi connectivity index (χ3v) is 14.8. The molecule has 0 aromatic heterocycles. The topological polar surface area (TPSA) is 147 Å². The van der Waals surface area contributed by atoms with E-state index in [9.17, 15) is 29.2 Å². The van der Waals surface area contributed by atoms with E-state index in [4.69, 9.17) is 16.3 Å². The molecule has 14 heteroatoms. The summed E-state index contributed by atoms with van der Waals surface area (Å²) in [5, 5.41) is 11.8. The van der Waals surface area contributed by atoms with E-state index in [0.717, 1.165) is 93.9 Å². The van der Waals surface area contributed by atoms with Crippen molar-refractivity contribution in [1.29, 1.82) is 5.26 Å². The molecule has 7 aliphatic rings. The Balaban J connectivity index is 0.682. The fourth-order valence-corrected chi connectivity index (χ4v) is 11.4. The van der Waals surface area contributed by atoms with Crippen molar-refractivity contribution in [2.75, 3.05) is 49.1 Å². The molecule has 310 valence electrons. The van der Waals surface area contributed by atoms with E-state index in [2.05, 4.69) is 43.1 Å². The minimum atomic E-state index is -0.966. The zero-order valence-electron chi connectivity index (χ0n) is 33.5. The molecule has 0 saturated carbocycles. The smallest absolute Gasteiger partial charge is 0.262 e. The van der Waals surface area contributed by atoms with Gasteiger partial charge in [-0.2, -0.15) is 5.26 Å². The van der Waals surface area contributed by atoms with Gasteiger partial charge in [-0.05, 0) is 113 Å². The standard InChI is InChI=1S/C46H48ClN7O6/c47-39-24-35(9-3-29(39)25-48)60-36-21-33-6-7-34(22-36)53(33)43(57)28-1-4-30(5-2-28)52-26-46(27-52)15-19-51(20-16-46)31-13-17-50(18-14-31)32-8-10-37-38(23-32)45(59)54(44(37)58)40-11-12-41(55)49-42(40)56/h1-5,8-10,23-24,31,33-34,36,40H,6-7,11-22,26-27H2,(H,49,55,56)/t33-,34+,36?,40?. The molecule has 0 aliphatic carbocycles. The highest BCUT2D eigenvalue weighted by Gasteiger charge is 2.48. The van der Waals surface area contributed by atoms with Crippen molar-refractivity contribution in [1.82, 2.24) is 20.0 Å². The molecule has 1 spiro atoms. The number of fused-ring (bicyclic) bond motifs is 3. The summed E-state index contributed by atoms with van der Waals surface area (Å²) in [5.41, 5.74) is 4.21. The van der Waals surface area contributed by atoms with E-state index in [0.29, 0.717) is 38.9 Å². The molecular weight excluding hydrogens is 782 g/mol. The maximum atomic E-state index is 13.8. The summed E-state index contributed by atoms with van der Waals surface area (Å²) >= 11 is 6.23. The molecule has 0 radical (unpaired) electrons. The number of hydrogen-bond acceptors (Lipinski definition) is 10. The maximum Gasteiger partial charge on any atom is 0.262 e. The zero-order chi connectivity index (χ0) is 41.3. The highest BCUT2D eigenvalue weighted by atomic mass is 35.5. The fraction of sp³-hybridized carbons (Fsp3) is 0.478. The lowest BCUT2D eigenvalue weighted by atomic mass is 9.71. The Bertz CT molecular complexity index is 2290. The molecule has 10 rings (SSSR count). The van der Waals surface area contributed by atoms with Crippen LogP contribution in [0.3, 0.4) is 0 Å². The number of carbonyl (C=O) groups is 5. The van der Waals surface area contributed by atoms with Crippen LogP contribution in [0.1, 0.15) is 101 Å². The van der Waals surface area contributed by atoms with Crippen LogP contribution in [0.5, 0.6) is 5.75 Å². The molecule has 4 atom stereocenters. The minimum Gasteiger partial charge on any atom is -0.490 e. The number of likely N-dealkylation sites (tertiary alicyclic amines) is 1. The largest absolute Gasteiger partial charge is 0.490 e. The number of nitrogens with zero attached hydrogens (tertiary/aromatic N) is 6. The van der Waals surface area contributed by atoms with Gasteiger partial charge >= 0.3 is 0 Å². The highest BCUT2D eigenvalue weighted by molar-refractivity contribution is 6.31. The molecule has 1 N–H and O–H groups in total. The summed E-state index contributed by atoms with van der Waals surface area (Å²) in [6.45, 7) is 5.97. The van der Waals surface area contributed by atoms with E-state index in [-0.39, 0.29) is 42.8 Å². The number of halogens is 1. The predicted octanol–water partition coefficient (Wildman–Crippen LogP) is 5.40. The Morgan fingerprint density at radius 2 is 1.45 bits per heavy atom. The maximum absolute atomic E-state index is 13.8. The van der Waals surface area contributed by atoms with Gasteiger partial charge in [-0.3, -0.25) is 34.2 Å². The highest BCUT2D eigenvalue weighted by Crippen LogP contribution is 2.44. The number of amides is 5. The summed E-state index contributed by atoms with van der Waals surface area (Å²) in [4.78, 5) is 75.0. The van der Waals surface area contributed by atoms with Gasteiger partial charge in [0.1, 0.15) is 24.0 Å². The number of nitriles is 1. The molecule has 3 aromatic rings. The first-order valence-electron chi connectivity index (χ1n) is 21.4.